The van der Waals surface area contributed by atoms with E-state index in [0.717, 1.165) is 11.1 Å². The summed E-state index contributed by atoms with van der Waals surface area (Å²) in [6.45, 7) is 8.95. The second-order valence-corrected chi connectivity index (χ2v) is 2.40. The summed E-state index contributed by atoms with van der Waals surface area (Å²) in [5, 5.41) is 4.02. The Labute approximate surface area is 59.2 Å². The van der Waals surface area contributed by atoms with E-state index in [4.69, 9.17) is 6.58 Å². The minimum absolute atomic E-state index is 1.06. The van der Waals surface area contributed by atoms with E-state index in [9.17, 15) is 0 Å². The molecule has 1 rings (SSSR count). The van der Waals surface area contributed by atoms with Crippen LogP contribution in [0.15, 0.2) is 17.3 Å². The predicted octanol–water partition coefficient (Wildman–Crippen LogP) is 2.84. The fourth-order valence-electron chi connectivity index (χ4n) is 0.618. The Morgan fingerprint density at radius 3 is 2.56 bits per heavy atom. The first-order chi connectivity index (χ1) is 4.38. The molecule has 0 N–H and O–H groups in total. The van der Waals surface area contributed by atoms with Gasteiger partial charge in [0.1, 0.15) is 5.56 Å². The summed E-state index contributed by atoms with van der Waals surface area (Å²) in [4.78, 5) is 0. The minimum atomic E-state index is 1.06. The molecule has 0 saturated carbocycles. The van der Waals surface area contributed by atoms with Crippen molar-refractivity contribution in [3.63, 3.8) is 0 Å². The van der Waals surface area contributed by atoms with Crippen LogP contribution in [0.5, 0.6) is 0 Å². The largest absolute Gasteiger partial charge is 0.160 e. The molecule has 1 aromatic rings. The van der Waals surface area contributed by atoms with Gasteiger partial charge in [-0.1, -0.05) is 6.58 Å². The van der Waals surface area contributed by atoms with Gasteiger partial charge in [-0.15, -0.1) is 11.3 Å². The Hall–Kier alpha value is -0.910. The third kappa shape index (κ3) is 1.07. The molecule has 0 aliphatic carbocycles. The maximum Gasteiger partial charge on any atom is 0.160 e. The Balaban J connectivity index is 3.12. The first-order valence-electron chi connectivity index (χ1n) is 2.62. The highest BCUT2D eigenvalue weighted by atomic mass is 32.1. The first-order valence-corrected chi connectivity index (χ1v) is 3.56. The number of thiophene rings is 1. The number of hydrogen-bond acceptors (Lipinski definition) is 1. The van der Waals surface area contributed by atoms with Gasteiger partial charge in [0.05, 0.1) is 10.9 Å². The van der Waals surface area contributed by atoms with Gasteiger partial charge in [-0.2, -0.15) is 0 Å². The molecule has 0 aliphatic heterocycles. The topological polar surface area (TPSA) is 0 Å². The van der Waals surface area contributed by atoms with Crippen molar-refractivity contribution in [3.05, 3.63) is 35.0 Å². The highest BCUT2D eigenvalue weighted by Crippen LogP contribution is 2.16. The van der Waals surface area contributed by atoms with Gasteiger partial charge in [-0.05, 0) is 6.08 Å². The second-order valence-electron chi connectivity index (χ2n) is 1.65. The lowest BCUT2D eigenvalue weighted by molar-refractivity contribution is 1.80. The molecule has 0 amide bonds. The van der Waals surface area contributed by atoms with Crippen LogP contribution >= 0.6 is 11.3 Å². The zero-order valence-electron chi connectivity index (χ0n) is 5.00. The van der Waals surface area contributed by atoms with Crippen LogP contribution in [0.3, 0.4) is 0 Å². The van der Waals surface area contributed by atoms with E-state index in [1.165, 1.54) is 0 Å². The summed E-state index contributed by atoms with van der Waals surface area (Å²) in [5.74, 6) is 0. The smallest absolute Gasteiger partial charge is 0.127 e. The van der Waals surface area contributed by atoms with Crippen LogP contribution in [0.25, 0.3) is 12.2 Å². The van der Waals surface area contributed by atoms with Crippen LogP contribution in [0.2, 0.25) is 0 Å². The highest BCUT2D eigenvalue weighted by Gasteiger charge is 2.02. The van der Waals surface area contributed by atoms with Crippen molar-refractivity contribution in [3.8, 4) is 0 Å². The molecule has 0 atom stereocenters. The summed E-state index contributed by atoms with van der Waals surface area (Å²) in [7, 11) is 0. The van der Waals surface area contributed by atoms with Gasteiger partial charge in [-0.25, -0.2) is 0 Å². The highest BCUT2D eigenvalue weighted by molar-refractivity contribution is 7.08. The molecular weight excluding hydrogens is 128 g/mol. The van der Waals surface area contributed by atoms with E-state index in [-0.39, 0.29) is 0 Å². The second kappa shape index (κ2) is 2.58. The van der Waals surface area contributed by atoms with Crippen LogP contribution in [-0.4, -0.2) is 0 Å². The van der Waals surface area contributed by atoms with Gasteiger partial charge in [-0.3, -0.25) is 0 Å². The molecule has 0 aliphatic rings. The summed E-state index contributed by atoms with van der Waals surface area (Å²) < 4.78 is 0. The number of rotatable bonds is 2. The zero-order chi connectivity index (χ0) is 6.69. The van der Waals surface area contributed by atoms with Crippen LogP contribution in [-0.2, 0) is 0 Å². The molecule has 1 heteroatoms. The van der Waals surface area contributed by atoms with E-state index >= 15 is 0 Å². The van der Waals surface area contributed by atoms with Crippen molar-refractivity contribution in [2.75, 3.05) is 0 Å². The van der Waals surface area contributed by atoms with Crippen molar-refractivity contribution < 1.29 is 0 Å². The lowest BCUT2D eigenvalue weighted by atomic mass is 10.2. The molecule has 0 fully saturated rings. The Bertz CT molecular complexity index is 198. The van der Waals surface area contributed by atoms with Gasteiger partial charge in [0, 0.05) is 12.0 Å². The maximum absolute atomic E-state index is 5.30. The molecule has 0 unspecified atom stereocenters. The van der Waals surface area contributed by atoms with E-state index in [0.29, 0.717) is 0 Å². The molecule has 0 saturated heterocycles. The Morgan fingerprint density at radius 2 is 2.11 bits per heavy atom. The predicted molar refractivity (Wildman–Crippen MR) is 43.2 cm³/mol. The van der Waals surface area contributed by atoms with E-state index in [1.54, 1.807) is 23.5 Å². The summed E-state index contributed by atoms with van der Waals surface area (Å²) in [5.41, 5.74) is 2.18. The van der Waals surface area contributed by atoms with Crippen molar-refractivity contribution in [2.24, 2.45) is 0 Å². The lowest BCUT2D eigenvalue weighted by Crippen LogP contribution is -1.66. The SMILES string of the molecule is [CH+]=Cc1cscc1C=C. The quantitative estimate of drug-likeness (QED) is 0.547. The standard InChI is InChI=1S/C8H7S/c1-3-7-5-9-6-8(7)4-2/h1,3-6H,2H2/q+1. The van der Waals surface area contributed by atoms with E-state index in [2.05, 4.69) is 6.58 Å². The van der Waals surface area contributed by atoms with Crippen LogP contribution in [0.4, 0.5) is 0 Å². The van der Waals surface area contributed by atoms with Crippen LogP contribution in [0.1, 0.15) is 11.1 Å². The summed E-state index contributed by atoms with van der Waals surface area (Å²) in [6, 6.07) is 0. The molecule has 0 spiro atoms. The third-order valence-corrected chi connectivity index (χ3v) is 1.90. The minimum Gasteiger partial charge on any atom is -0.127 e. The average Bonchev–Trinajstić information content (AvgIpc) is 2.33. The molecule has 0 bridgehead atoms. The maximum atomic E-state index is 5.30. The summed E-state index contributed by atoms with van der Waals surface area (Å²) >= 11 is 1.63. The molecular formula is C8H7S+. The van der Waals surface area contributed by atoms with Crippen molar-refractivity contribution in [1.29, 1.82) is 0 Å². The van der Waals surface area contributed by atoms with Gasteiger partial charge in [0.2, 0.25) is 0 Å². The molecule has 0 radical (unpaired) electrons. The number of hydrogen-bond donors (Lipinski definition) is 0. The van der Waals surface area contributed by atoms with Crippen LogP contribution < -0.4 is 0 Å². The van der Waals surface area contributed by atoms with Gasteiger partial charge >= 0.3 is 0 Å². The average molecular weight is 135 g/mol. The van der Waals surface area contributed by atoms with E-state index < -0.39 is 0 Å². The lowest BCUT2D eigenvalue weighted by Gasteiger charge is -1.75. The third-order valence-electron chi connectivity index (χ3n) is 1.12. The Kier molecular flexibility index (Phi) is 1.78. The molecule has 44 valence electrons. The van der Waals surface area contributed by atoms with Gasteiger partial charge in [0.25, 0.3) is 0 Å². The molecule has 1 heterocycles. The normalized spacial score (nSPS) is 8.78. The van der Waals surface area contributed by atoms with Crippen molar-refractivity contribution in [1.82, 2.24) is 0 Å². The first kappa shape index (κ1) is 6.21. The summed E-state index contributed by atoms with van der Waals surface area (Å²) in [6.07, 6.45) is 3.39. The van der Waals surface area contributed by atoms with Crippen molar-refractivity contribution >= 4 is 23.5 Å². The van der Waals surface area contributed by atoms with Crippen molar-refractivity contribution in [2.45, 2.75) is 0 Å². The molecule has 9 heavy (non-hydrogen) atoms. The van der Waals surface area contributed by atoms with E-state index in [1.807, 2.05) is 10.8 Å². The van der Waals surface area contributed by atoms with Gasteiger partial charge < -0.3 is 0 Å². The van der Waals surface area contributed by atoms with Crippen LogP contribution in [0, 0.1) is 6.58 Å². The van der Waals surface area contributed by atoms with Gasteiger partial charge in [0.15, 0.2) is 6.08 Å². The molecule has 0 nitrogen and oxygen atoms in total. The molecule has 0 aromatic carbocycles. The monoisotopic (exact) mass is 135 g/mol. The molecule has 1 aromatic heterocycles. The fraction of sp³-hybridized carbons (Fsp3) is 0. The Morgan fingerprint density at radius 1 is 1.44 bits per heavy atom. The fourth-order valence-corrected chi connectivity index (χ4v) is 1.43. The zero-order valence-corrected chi connectivity index (χ0v) is 5.82.